The highest BCUT2D eigenvalue weighted by Gasteiger charge is 2.31. The largest absolute Gasteiger partial charge is 0.417 e. The van der Waals surface area contributed by atoms with Gasteiger partial charge in [0, 0.05) is 18.0 Å². The summed E-state index contributed by atoms with van der Waals surface area (Å²) in [6.07, 6.45) is -0.249. The molecule has 0 fully saturated rings. The first-order chi connectivity index (χ1) is 14.7. The van der Waals surface area contributed by atoms with Crippen LogP contribution in [0.2, 0.25) is 5.02 Å². The smallest absolute Gasteiger partial charge is 0.343 e. The summed E-state index contributed by atoms with van der Waals surface area (Å²) in [4.78, 5) is 27.0. The molecule has 2 N–H and O–H groups in total. The summed E-state index contributed by atoms with van der Waals surface area (Å²) in [5.74, 6) is -1.36. The van der Waals surface area contributed by atoms with Gasteiger partial charge in [0.15, 0.2) is 5.65 Å². The highest BCUT2D eigenvalue weighted by Crippen LogP contribution is 2.30. The third kappa shape index (κ3) is 4.48. The second-order valence-electron chi connectivity index (χ2n) is 6.58. The average molecular weight is 450 g/mol. The molecule has 0 unspecified atom stereocenters. The molecule has 0 saturated heterocycles. The van der Waals surface area contributed by atoms with E-state index < -0.39 is 23.5 Å². The molecule has 1 aromatic carbocycles. The molecular formula is C20H12ClF4N5O. The number of nitrogens with one attached hydrogen (secondary N) is 2. The lowest BCUT2D eigenvalue weighted by molar-refractivity contribution is -0.137. The predicted octanol–water partition coefficient (Wildman–Crippen LogP) is 5.01. The topological polar surface area (TPSA) is 83.6 Å². The van der Waals surface area contributed by atoms with E-state index in [1.807, 2.05) is 0 Å². The minimum absolute atomic E-state index is 0.0647. The Morgan fingerprint density at radius 3 is 2.71 bits per heavy atom. The normalized spacial score (nSPS) is 11.6. The first kappa shape index (κ1) is 20.7. The van der Waals surface area contributed by atoms with Crippen LogP contribution >= 0.6 is 11.6 Å². The number of pyridine rings is 1. The molecule has 0 atom stereocenters. The van der Waals surface area contributed by atoms with Crippen molar-refractivity contribution in [3.63, 3.8) is 0 Å². The monoisotopic (exact) mass is 449 g/mol. The number of alkyl halides is 3. The lowest BCUT2D eigenvalue weighted by Crippen LogP contribution is -2.16. The highest BCUT2D eigenvalue weighted by atomic mass is 35.5. The SMILES string of the molecule is O=C(Cc1ccc(-c2cnc3[nH]cc(Cl)c3n2)cc1F)Nc1cncc(C(F)(F)F)c1. The Balaban J connectivity index is 1.50. The van der Waals surface area contributed by atoms with Crippen LogP contribution in [-0.4, -0.2) is 25.8 Å². The average Bonchev–Trinajstić information content (AvgIpc) is 3.09. The molecule has 158 valence electrons. The Bertz CT molecular complexity index is 1290. The minimum Gasteiger partial charge on any atom is -0.343 e. The fourth-order valence-electron chi connectivity index (χ4n) is 2.89. The van der Waals surface area contributed by atoms with Crippen molar-refractivity contribution in [3.05, 3.63) is 71.0 Å². The number of aromatic amines is 1. The quantitative estimate of drug-likeness (QED) is 0.429. The molecule has 4 aromatic rings. The first-order valence-corrected chi connectivity index (χ1v) is 9.19. The van der Waals surface area contributed by atoms with Crippen molar-refractivity contribution in [2.45, 2.75) is 12.6 Å². The standard InChI is InChI=1S/C20H12ClF4N5O/c21-14-8-27-19-18(14)30-16(9-28-19)11-2-1-10(15(22)3-11)4-17(31)29-13-5-12(6-26-7-13)20(23,24)25/h1-3,5-9H,4H2,(H,27,28)(H,29,31). The van der Waals surface area contributed by atoms with Gasteiger partial charge in [-0.1, -0.05) is 23.7 Å². The molecule has 0 aliphatic heterocycles. The van der Waals surface area contributed by atoms with Crippen LogP contribution < -0.4 is 5.32 Å². The number of anilines is 1. The molecule has 3 heterocycles. The van der Waals surface area contributed by atoms with E-state index in [1.54, 1.807) is 6.07 Å². The molecule has 11 heteroatoms. The lowest BCUT2D eigenvalue weighted by atomic mass is 10.1. The van der Waals surface area contributed by atoms with Gasteiger partial charge < -0.3 is 10.3 Å². The Labute approximate surface area is 177 Å². The molecule has 0 bridgehead atoms. The molecular weight excluding hydrogens is 438 g/mol. The van der Waals surface area contributed by atoms with Crippen LogP contribution in [0.3, 0.4) is 0 Å². The maximum Gasteiger partial charge on any atom is 0.417 e. The summed E-state index contributed by atoms with van der Waals surface area (Å²) in [7, 11) is 0. The second-order valence-corrected chi connectivity index (χ2v) is 6.99. The zero-order valence-corrected chi connectivity index (χ0v) is 16.2. The number of rotatable bonds is 4. The van der Waals surface area contributed by atoms with Crippen molar-refractivity contribution in [1.82, 2.24) is 19.9 Å². The number of carbonyl (C=O) groups is 1. The van der Waals surface area contributed by atoms with E-state index in [1.165, 1.54) is 24.5 Å². The van der Waals surface area contributed by atoms with Crippen LogP contribution in [0.4, 0.5) is 23.2 Å². The number of nitrogens with zero attached hydrogens (tertiary/aromatic N) is 3. The number of aromatic nitrogens is 4. The fourth-order valence-corrected chi connectivity index (χ4v) is 3.08. The Morgan fingerprint density at radius 2 is 1.97 bits per heavy atom. The molecule has 0 saturated carbocycles. The molecule has 0 radical (unpaired) electrons. The van der Waals surface area contributed by atoms with E-state index in [9.17, 15) is 22.4 Å². The molecule has 6 nitrogen and oxygen atoms in total. The summed E-state index contributed by atoms with van der Waals surface area (Å²) >= 11 is 6.03. The molecule has 3 aromatic heterocycles. The fraction of sp³-hybridized carbons (Fsp3) is 0.100. The van der Waals surface area contributed by atoms with Crippen molar-refractivity contribution in [3.8, 4) is 11.3 Å². The van der Waals surface area contributed by atoms with E-state index in [4.69, 9.17) is 11.6 Å². The minimum atomic E-state index is -4.59. The van der Waals surface area contributed by atoms with Crippen LogP contribution in [0.5, 0.6) is 0 Å². The van der Waals surface area contributed by atoms with Gasteiger partial charge in [0.2, 0.25) is 5.91 Å². The lowest BCUT2D eigenvalue weighted by Gasteiger charge is -2.10. The first-order valence-electron chi connectivity index (χ1n) is 8.81. The van der Waals surface area contributed by atoms with Gasteiger partial charge in [-0.15, -0.1) is 0 Å². The number of hydrogen-bond donors (Lipinski definition) is 2. The van der Waals surface area contributed by atoms with E-state index in [0.717, 1.165) is 12.3 Å². The summed E-state index contributed by atoms with van der Waals surface area (Å²) in [6, 6.07) is 4.92. The molecule has 1 amide bonds. The number of H-pyrrole nitrogens is 1. The van der Waals surface area contributed by atoms with Crippen molar-refractivity contribution in [1.29, 1.82) is 0 Å². The maximum atomic E-state index is 14.6. The summed E-state index contributed by atoms with van der Waals surface area (Å²) < 4.78 is 52.8. The predicted molar refractivity (Wildman–Crippen MR) is 106 cm³/mol. The Hall–Kier alpha value is -3.53. The van der Waals surface area contributed by atoms with Crippen LogP contribution in [0.1, 0.15) is 11.1 Å². The number of amides is 1. The van der Waals surface area contributed by atoms with Crippen LogP contribution in [-0.2, 0) is 17.4 Å². The van der Waals surface area contributed by atoms with E-state index in [-0.39, 0.29) is 17.7 Å². The van der Waals surface area contributed by atoms with Gasteiger partial charge in [0.25, 0.3) is 0 Å². The molecule has 0 aliphatic rings. The molecule has 0 spiro atoms. The molecule has 0 aliphatic carbocycles. The van der Waals surface area contributed by atoms with Gasteiger partial charge >= 0.3 is 6.18 Å². The maximum absolute atomic E-state index is 14.6. The zero-order valence-electron chi connectivity index (χ0n) is 15.5. The Morgan fingerprint density at radius 1 is 1.16 bits per heavy atom. The van der Waals surface area contributed by atoms with E-state index in [2.05, 4.69) is 25.3 Å². The third-order valence-corrected chi connectivity index (χ3v) is 4.67. The number of benzene rings is 1. The third-order valence-electron chi connectivity index (χ3n) is 4.38. The number of carbonyl (C=O) groups excluding carboxylic acids is 1. The summed E-state index contributed by atoms with van der Waals surface area (Å²) in [6.45, 7) is 0. The van der Waals surface area contributed by atoms with Crippen molar-refractivity contribution in [2.75, 3.05) is 5.32 Å². The highest BCUT2D eigenvalue weighted by molar-refractivity contribution is 6.34. The van der Waals surface area contributed by atoms with E-state index >= 15 is 0 Å². The van der Waals surface area contributed by atoms with Gasteiger partial charge in [-0.25, -0.2) is 14.4 Å². The molecule has 31 heavy (non-hydrogen) atoms. The zero-order chi connectivity index (χ0) is 22.2. The summed E-state index contributed by atoms with van der Waals surface area (Å²) in [5, 5.41) is 2.67. The van der Waals surface area contributed by atoms with Gasteiger partial charge in [-0.3, -0.25) is 9.78 Å². The summed E-state index contributed by atoms with van der Waals surface area (Å²) in [5.41, 5.74) is 0.679. The Kier molecular flexibility index (Phi) is 5.32. The van der Waals surface area contributed by atoms with Crippen LogP contribution in [0.15, 0.2) is 49.1 Å². The number of fused-ring (bicyclic) bond motifs is 1. The van der Waals surface area contributed by atoms with Gasteiger partial charge in [-0.05, 0) is 17.7 Å². The number of halogens is 5. The van der Waals surface area contributed by atoms with Crippen LogP contribution in [0.25, 0.3) is 22.4 Å². The van der Waals surface area contributed by atoms with Crippen molar-refractivity contribution < 1.29 is 22.4 Å². The van der Waals surface area contributed by atoms with Gasteiger partial charge in [0.1, 0.15) is 11.3 Å². The number of hydrogen-bond acceptors (Lipinski definition) is 4. The van der Waals surface area contributed by atoms with Crippen molar-refractivity contribution >= 4 is 34.4 Å². The second kappa shape index (κ2) is 7.95. The molecule has 4 rings (SSSR count). The van der Waals surface area contributed by atoms with Crippen LogP contribution in [0, 0.1) is 5.82 Å². The van der Waals surface area contributed by atoms with Gasteiger partial charge in [-0.2, -0.15) is 13.2 Å². The van der Waals surface area contributed by atoms with Crippen molar-refractivity contribution in [2.24, 2.45) is 0 Å². The van der Waals surface area contributed by atoms with E-state index in [0.29, 0.717) is 33.6 Å². The van der Waals surface area contributed by atoms with Gasteiger partial charge in [0.05, 0.1) is 40.8 Å².